The summed E-state index contributed by atoms with van der Waals surface area (Å²) in [5.74, 6) is 4.63. The monoisotopic (exact) mass is 1830 g/mol. The van der Waals surface area contributed by atoms with E-state index in [4.69, 9.17) is 57.3 Å². The molecule has 128 heavy (non-hydrogen) atoms. The Morgan fingerprint density at radius 3 is 1.03 bits per heavy atom. The van der Waals surface area contributed by atoms with E-state index in [1.165, 1.54) is 52.3 Å². The molecule has 0 amide bonds. The zero-order chi connectivity index (χ0) is 97.4. The highest BCUT2D eigenvalue weighted by Crippen LogP contribution is 2.26. The van der Waals surface area contributed by atoms with Crippen LogP contribution in [0.1, 0.15) is 348 Å². The lowest BCUT2D eigenvalue weighted by atomic mass is 9.99. The van der Waals surface area contributed by atoms with Gasteiger partial charge in [-0.05, 0) is 244 Å². The number of ether oxygens (including phenoxy) is 9. The summed E-state index contributed by atoms with van der Waals surface area (Å²) >= 11 is 5.70. The van der Waals surface area contributed by atoms with E-state index in [9.17, 15) is 0 Å². The van der Waals surface area contributed by atoms with Crippen molar-refractivity contribution in [2.75, 3.05) is 60.5 Å². The zero-order valence-corrected chi connectivity index (χ0v) is 89.3. The molecule has 16 heteroatoms. The van der Waals surface area contributed by atoms with Crippen LogP contribution in [0.15, 0.2) is 215 Å². The van der Waals surface area contributed by atoms with Gasteiger partial charge in [-0.1, -0.05) is 288 Å². The Hall–Kier alpha value is -6.03. The maximum absolute atomic E-state index is 9.10. The van der Waals surface area contributed by atoms with E-state index in [-0.39, 0.29) is 62.0 Å². The molecule has 4 aromatic heterocycles. The van der Waals surface area contributed by atoms with Crippen molar-refractivity contribution in [2.24, 2.45) is 12.5 Å². The van der Waals surface area contributed by atoms with Crippen LogP contribution in [0, 0.1) is 19.3 Å². The van der Waals surface area contributed by atoms with Gasteiger partial charge in [0.15, 0.2) is 0 Å². The summed E-state index contributed by atoms with van der Waals surface area (Å²) in [6.07, 6.45) is 11.1. The van der Waals surface area contributed by atoms with Gasteiger partial charge >= 0.3 is 0 Å². The summed E-state index contributed by atoms with van der Waals surface area (Å²) in [5, 5.41) is 24.1. The second kappa shape index (κ2) is 79.5. The average Bonchev–Trinajstić information content (AvgIpc) is 1.86. The SMILES string of the molecule is CC(C)OC(CO)c1ccccc1.CC(C)OCC(C)(C)C.CC(C)OCCCc1ccccc1.CC(C)O[C@H](CO)c1ccccc1.CC(C)SC(C)C.CC(C)c1cccn1C.CC(C)c1cccs1.CCCCCCOC(C)C.COC(COC(C)C)c1ccccc1.CO[C@H](COC(C)C)c1ccccc1.Cc1ccc(C(C)C)o1.Cc1ccsc1C(C)C. The lowest BCUT2D eigenvalue weighted by Crippen LogP contribution is -2.17. The molecule has 0 aliphatic rings. The molecule has 4 atom stereocenters. The number of aliphatic hydroxyl groups excluding tert-OH is 2. The number of methoxy groups -OCH3 is 2. The predicted molar refractivity (Wildman–Crippen MR) is 558 cm³/mol. The summed E-state index contributed by atoms with van der Waals surface area (Å²) in [4.78, 5) is 3.00. The molecule has 13 nitrogen and oxygen atoms in total. The van der Waals surface area contributed by atoms with Gasteiger partial charge in [0, 0.05) is 62.0 Å². The van der Waals surface area contributed by atoms with Crippen molar-refractivity contribution in [3.8, 4) is 0 Å². The normalized spacial score (nSPS) is 11.9. The van der Waals surface area contributed by atoms with Crippen molar-refractivity contribution in [3.05, 3.63) is 271 Å². The van der Waals surface area contributed by atoms with Crippen LogP contribution in [-0.4, -0.2) is 128 Å². The predicted octanol–water partition coefficient (Wildman–Crippen LogP) is 31.8. The molecule has 0 saturated carbocycles. The number of aliphatic hydroxyl groups is 2. The molecule has 0 spiro atoms. The Labute approximate surface area is 796 Å². The van der Waals surface area contributed by atoms with Gasteiger partial charge in [-0.25, -0.2) is 0 Å². The van der Waals surface area contributed by atoms with Crippen LogP contribution in [0.4, 0.5) is 0 Å². The Kier molecular flexibility index (Phi) is 78.3. The number of aryl methyl sites for hydroxylation is 4. The van der Waals surface area contributed by atoms with E-state index in [1.807, 2.05) is 212 Å². The third-order valence-electron chi connectivity index (χ3n) is 17.8. The third-order valence-corrected chi connectivity index (χ3v) is 21.4. The van der Waals surface area contributed by atoms with Gasteiger partial charge in [0.25, 0.3) is 0 Å². The molecule has 2 N–H and O–H groups in total. The topological polar surface area (TPSA) is 142 Å². The van der Waals surface area contributed by atoms with E-state index >= 15 is 0 Å². The average molecular weight is 1830 g/mol. The van der Waals surface area contributed by atoms with Crippen molar-refractivity contribution in [3.63, 3.8) is 0 Å². The first-order valence-electron chi connectivity index (χ1n) is 47.3. The Bertz CT molecular complexity index is 3610. The summed E-state index contributed by atoms with van der Waals surface area (Å²) < 4.78 is 56.6. The summed E-state index contributed by atoms with van der Waals surface area (Å²) in [6, 6.07) is 65.0. The van der Waals surface area contributed by atoms with Crippen molar-refractivity contribution in [1.29, 1.82) is 0 Å². The Balaban J connectivity index is -0.00000134. The number of thioether (sulfide) groups is 1. The fourth-order valence-electron chi connectivity index (χ4n) is 11.4. The molecule has 0 fully saturated rings. The molecule has 2 unspecified atom stereocenters. The molecule has 0 bridgehead atoms. The van der Waals surface area contributed by atoms with Gasteiger partial charge in [0.1, 0.15) is 35.9 Å². The molecule has 0 aliphatic heterocycles. The second-order valence-corrected chi connectivity index (χ2v) is 40.4. The summed E-state index contributed by atoms with van der Waals surface area (Å²) in [6.45, 7) is 71.7. The van der Waals surface area contributed by atoms with Crippen molar-refractivity contribution < 1.29 is 57.3 Å². The van der Waals surface area contributed by atoms with Crippen LogP contribution in [0.2, 0.25) is 0 Å². The highest BCUT2D eigenvalue weighted by molar-refractivity contribution is 8.00. The molecule has 728 valence electrons. The highest BCUT2D eigenvalue weighted by atomic mass is 32.2. The molecular weight excluding hydrogens is 1650 g/mol. The van der Waals surface area contributed by atoms with Crippen LogP contribution < -0.4 is 0 Å². The first kappa shape index (κ1) is 126. The molecule has 0 saturated heterocycles. The molecule has 0 radical (unpaired) electrons. The first-order valence-corrected chi connectivity index (χ1v) is 50.0. The quantitative estimate of drug-likeness (QED) is 0.0357. The zero-order valence-electron chi connectivity index (χ0n) is 86.9. The fourth-order valence-corrected chi connectivity index (χ4v) is 14.2. The number of unbranched alkanes of at least 4 members (excludes halogenated alkanes) is 3. The lowest BCUT2D eigenvalue weighted by Gasteiger charge is -2.19. The number of nitrogens with zero attached hydrogens (tertiary/aromatic N) is 1. The second-order valence-electron chi connectivity index (χ2n) is 36.3. The van der Waals surface area contributed by atoms with Crippen molar-refractivity contribution in [2.45, 2.75) is 361 Å². The maximum Gasteiger partial charge on any atom is 0.106 e. The van der Waals surface area contributed by atoms with Crippen LogP contribution in [0.5, 0.6) is 0 Å². The number of rotatable bonds is 37. The van der Waals surface area contributed by atoms with Gasteiger partial charge in [-0.2, -0.15) is 11.8 Å². The highest BCUT2D eigenvalue weighted by Gasteiger charge is 2.16. The van der Waals surface area contributed by atoms with E-state index in [2.05, 4.69) is 267 Å². The fraction of sp³-hybridized carbons (Fsp3) is 0.589. The van der Waals surface area contributed by atoms with E-state index < -0.39 is 0 Å². The number of benzene rings is 5. The maximum atomic E-state index is 9.10. The minimum atomic E-state index is -0.193. The van der Waals surface area contributed by atoms with Crippen LogP contribution in [-0.2, 0) is 56.1 Å². The molecule has 9 aromatic rings. The molecule has 5 aromatic carbocycles. The number of furan rings is 1. The number of aromatic nitrogens is 1. The standard InChI is InChI=1S/2C12H18O2.C12H18O.2C11H16O2.C9H20O.C8H13N.C8H12O.C8H18O.C8H12S.C7H10S.C6H14S/c2*1-10(2)14-9-12(13-3)11-7-5-4-6-8-11;1-11(2)13-10-6-9-12-7-4-3-5-8-12;2*1-9(2)13-11(8-12)10-6-4-3-5-7-10;1-4-5-6-7-8-10-9(2)3;1-7(2)8-5-4-6-9(8)3;1-6(2)8-5-4-7(3)9-8;1-7(2)9-6-8(3,4)5;1-6(2)8-7(3)4-5-9-8;1-6(2)7-4-3-5-8-7;1-5(2)7-6(3)4/h2*4-8,10,12H,9H2,1-3H3;3-5,7-8,11H,6,9-10H2,1-2H3;2*3-7,9,11-12H,8H2,1-2H3;9H,4-8H2,1-3H3;4-7H,1-3H3;4-6H,1-3H3;7H,6H2,1-5H3;4-6H,1-3H3;3-6H,1-2H3;5-6H,1-4H3/t12-;;;11-;;;;;;;;/m1..1......../s1. The van der Waals surface area contributed by atoms with Gasteiger partial charge in [-0.15, -0.1) is 22.7 Å². The first-order chi connectivity index (χ1) is 60.5. The minimum absolute atomic E-state index is 0.0300. The van der Waals surface area contributed by atoms with Gasteiger partial charge < -0.3 is 61.8 Å². The molecule has 4 heterocycles. The lowest BCUT2D eigenvalue weighted by molar-refractivity contribution is -0.0248. The Morgan fingerprint density at radius 1 is 0.391 bits per heavy atom. The van der Waals surface area contributed by atoms with Crippen molar-refractivity contribution in [1.82, 2.24) is 4.57 Å². The van der Waals surface area contributed by atoms with Gasteiger partial charge in [0.05, 0.1) is 75.8 Å². The molecule has 9 rings (SSSR count). The summed E-state index contributed by atoms with van der Waals surface area (Å²) in [5.41, 5.74) is 8.92. The number of hydrogen-bond donors (Lipinski definition) is 2. The largest absolute Gasteiger partial charge is 0.466 e. The van der Waals surface area contributed by atoms with E-state index in [0.717, 1.165) is 76.9 Å². The summed E-state index contributed by atoms with van der Waals surface area (Å²) in [7, 11) is 5.50. The smallest absolute Gasteiger partial charge is 0.106 e. The van der Waals surface area contributed by atoms with E-state index in [0.29, 0.717) is 60.6 Å². The number of thiophene rings is 2. The van der Waals surface area contributed by atoms with E-state index in [1.54, 1.807) is 14.2 Å². The minimum Gasteiger partial charge on any atom is -0.466 e. The third kappa shape index (κ3) is 73.5. The molecular formula is C112H185NO12S3. The van der Waals surface area contributed by atoms with Gasteiger partial charge in [0.2, 0.25) is 0 Å². The van der Waals surface area contributed by atoms with Crippen molar-refractivity contribution >= 4 is 34.4 Å². The van der Waals surface area contributed by atoms with Crippen LogP contribution in [0.3, 0.4) is 0 Å². The van der Waals surface area contributed by atoms with Crippen LogP contribution in [0.25, 0.3) is 0 Å². The number of hydrogen-bond acceptors (Lipinski definition) is 15. The molecule has 0 aliphatic carbocycles. The van der Waals surface area contributed by atoms with Gasteiger partial charge in [-0.3, -0.25) is 0 Å². The van der Waals surface area contributed by atoms with Crippen LogP contribution >= 0.6 is 34.4 Å². The Morgan fingerprint density at radius 2 is 0.797 bits per heavy atom.